The first-order chi connectivity index (χ1) is 16.0. The van der Waals surface area contributed by atoms with Crippen molar-refractivity contribution >= 4 is 11.6 Å². The molecule has 4 heterocycles. The highest BCUT2D eigenvalue weighted by atomic mass is 19.4. The molecule has 8 nitrogen and oxygen atoms in total. The summed E-state index contributed by atoms with van der Waals surface area (Å²) in [7, 11) is 0. The monoisotopic (exact) mass is 485 g/mol. The third kappa shape index (κ3) is 5.50. The van der Waals surface area contributed by atoms with E-state index in [0.29, 0.717) is 0 Å². The fourth-order valence-corrected chi connectivity index (χ4v) is 3.35. The average molecular weight is 485 g/mol. The van der Waals surface area contributed by atoms with E-state index in [9.17, 15) is 31.1 Å². The number of amides is 1. The van der Waals surface area contributed by atoms with Gasteiger partial charge in [0.15, 0.2) is 17.5 Å². The van der Waals surface area contributed by atoms with Crippen LogP contribution in [0.25, 0.3) is 5.82 Å². The van der Waals surface area contributed by atoms with Crippen LogP contribution in [0.4, 0.5) is 32.0 Å². The number of carbonyl (C=O) groups is 1. The molecule has 34 heavy (non-hydrogen) atoms. The van der Waals surface area contributed by atoms with Crippen LogP contribution in [-0.2, 0) is 17.4 Å². The molecule has 1 aliphatic heterocycles. The lowest BCUT2D eigenvalue weighted by Gasteiger charge is -2.27. The van der Waals surface area contributed by atoms with Gasteiger partial charge in [0.25, 0.3) is 5.92 Å². The van der Waals surface area contributed by atoms with E-state index in [2.05, 4.69) is 30.7 Å². The number of anilines is 1. The Morgan fingerprint density at radius 2 is 2.06 bits per heavy atom. The van der Waals surface area contributed by atoms with E-state index >= 15 is 0 Å². The quantitative estimate of drug-likeness (QED) is 0.538. The minimum Gasteiger partial charge on any atom is -0.324 e. The van der Waals surface area contributed by atoms with Gasteiger partial charge in [-0.3, -0.25) is 4.79 Å². The van der Waals surface area contributed by atoms with Gasteiger partial charge in [0.1, 0.15) is 12.0 Å². The Hall–Kier alpha value is -3.55. The van der Waals surface area contributed by atoms with Gasteiger partial charge >= 0.3 is 6.18 Å². The summed E-state index contributed by atoms with van der Waals surface area (Å²) in [6, 6.07) is 3.64. The maximum atomic E-state index is 14.6. The van der Waals surface area contributed by atoms with Crippen molar-refractivity contribution in [3.05, 3.63) is 59.8 Å². The van der Waals surface area contributed by atoms with E-state index in [1.54, 1.807) is 0 Å². The van der Waals surface area contributed by atoms with Gasteiger partial charge in [-0.05, 0) is 18.6 Å². The summed E-state index contributed by atoms with van der Waals surface area (Å²) in [5.41, 5.74) is -1.27. The van der Waals surface area contributed by atoms with Crippen LogP contribution < -0.4 is 10.6 Å². The van der Waals surface area contributed by atoms with Crippen LogP contribution in [0.1, 0.15) is 36.1 Å². The first-order valence-electron chi connectivity index (χ1n) is 10.0. The van der Waals surface area contributed by atoms with Gasteiger partial charge in [0.05, 0.1) is 36.6 Å². The van der Waals surface area contributed by atoms with Crippen LogP contribution in [0.5, 0.6) is 0 Å². The van der Waals surface area contributed by atoms with Gasteiger partial charge in [-0.2, -0.15) is 17.9 Å². The molecule has 180 valence electrons. The fourth-order valence-electron chi connectivity index (χ4n) is 3.35. The Morgan fingerprint density at radius 3 is 2.74 bits per heavy atom. The molecule has 3 aromatic rings. The number of hydrogen-bond donors (Lipinski definition) is 2. The molecule has 1 aliphatic rings. The van der Waals surface area contributed by atoms with E-state index in [4.69, 9.17) is 0 Å². The zero-order chi connectivity index (χ0) is 24.5. The molecule has 0 radical (unpaired) electrons. The van der Waals surface area contributed by atoms with E-state index in [1.807, 2.05) is 0 Å². The minimum absolute atomic E-state index is 0.0326. The molecule has 4 rings (SSSR count). The smallest absolute Gasteiger partial charge is 0.324 e. The van der Waals surface area contributed by atoms with E-state index in [1.165, 1.54) is 12.4 Å². The molecule has 3 aromatic heterocycles. The average Bonchev–Trinajstić information content (AvgIpc) is 3.23. The van der Waals surface area contributed by atoms with Crippen molar-refractivity contribution in [2.24, 2.45) is 0 Å². The van der Waals surface area contributed by atoms with Gasteiger partial charge in [-0.25, -0.2) is 28.1 Å². The number of nitrogens with zero attached hydrogens (tertiary/aromatic N) is 5. The predicted octanol–water partition coefficient (Wildman–Crippen LogP) is 3.46. The van der Waals surface area contributed by atoms with Gasteiger partial charge < -0.3 is 10.6 Å². The van der Waals surface area contributed by atoms with Crippen molar-refractivity contribution in [3.8, 4) is 5.82 Å². The molecule has 0 saturated carbocycles. The number of carbonyl (C=O) groups excluding carboxylic acids is 1. The van der Waals surface area contributed by atoms with Crippen LogP contribution in [0, 0.1) is 5.82 Å². The summed E-state index contributed by atoms with van der Waals surface area (Å²) < 4.78 is 80.5. The van der Waals surface area contributed by atoms with Crippen molar-refractivity contribution in [1.29, 1.82) is 0 Å². The number of aromatic nitrogens is 5. The Balaban J connectivity index is 1.41. The second-order valence-corrected chi connectivity index (χ2v) is 7.64. The van der Waals surface area contributed by atoms with Crippen molar-refractivity contribution in [1.82, 2.24) is 30.0 Å². The Labute approximate surface area is 188 Å². The summed E-state index contributed by atoms with van der Waals surface area (Å²) in [6.07, 6.45) is -3.00. The van der Waals surface area contributed by atoms with Crippen molar-refractivity contribution in [2.45, 2.75) is 37.4 Å². The molecule has 1 amide bonds. The lowest BCUT2D eigenvalue weighted by atomic mass is 10.0. The summed E-state index contributed by atoms with van der Waals surface area (Å²) in [5, 5.41) is 9.09. The topological polar surface area (TPSA) is 97.6 Å². The summed E-state index contributed by atoms with van der Waals surface area (Å²) in [5.74, 6) is -4.41. The number of pyridine rings is 2. The van der Waals surface area contributed by atoms with Gasteiger partial charge in [-0.15, -0.1) is 5.10 Å². The van der Waals surface area contributed by atoms with Crippen LogP contribution in [-0.4, -0.2) is 43.1 Å². The Kier molecular flexibility index (Phi) is 6.25. The molecule has 1 unspecified atom stereocenters. The molecule has 14 heteroatoms. The van der Waals surface area contributed by atoms with Crippen molar-refractivity contribution in [2.75, 3.05) is 11.9 Å². The maximum Gasteiger partial charge on any atom is 0.433 e. The second-order valence-electron chi connectivity index (χ2n) is 7.64. The molecule has 1 fully saturated rings. The normalized spacial score (nSPS) is 18.0. The molecule has 0 aromatic carbocycles. The first kappa shape index (κ1) is 23.6. The zero-order valence-corrected chi connectivity index (χ0v) is 17.3. The van der Waals surface area contributed by atoms with Gasteiger partial charge in [-0.1, -0.05) is 6.07 Å². The molecule has 0 aliphatic carbocycles. The SMILES string of the molecule is O=C(Cc1cccc(C(F)(F)F)n1)Nc1cnc(-n2cnc(C3CCC(F)(F)CN3)n2)c(F)c1. The maximum absolute atomic E-state index is 14.6. The van der Waals surface area contributed by atoms with Crippen LogP contribution in [0.15, 0.2) is 36.8 Å². The molecule has 1 atom stereocenters. The highest BCUT2D eigenvalue weighted by molar-refractivity contribution is 5.91. The molecular formula is C20H17F6N7O. The number of hydrogen-bond acceptors (Lipinski definition) is 6. The molecule has 2 N–H and O–H groups in total. The summed E-state index contributed by atoms with van der Waals surface area (Å²) >= 11 is 0. The molecule has 0 bridgehead atoms. The third-order valence-corrected chi connectivity index (χ3v) is 4.99. The number of nitrogens with one attached hydrogen (secondary N) is 2. The molecule has 1 saturated heterocycles. The largest absolute Gasteiger partial charge is 0.433 e. The first-order valence-corrected chi connectivity index (χ1v) is 10.0. The number of rotatable bonds is 5. The van der Waals surface area contributed by atoms with E-state index in [0.717, 1.165) is 29.1 Å². The zero-order valence-electron chi connectivity index (χ0n) is 17.3. The van der Waals surface area contributed by atoms with Crippen LogP contribution >= 0.6 is 0 Å². The summed E-state index contributed by atoms with van der Waals surface area (Å²) in [4.78, 5) is 23.5. The van der Waals surface area contributed by atoms with Crippen LogP contribution in [0.2, 0.25) is 0 Å². The number of alkyl halides is 5. The minimum atomic E-state index is -4.64. The third-order valence-electron chi connectivity index (χ3n) is 4.99. The highest BCUT2D eigenvalue weighted by Gasteiger charge is 2.36. The lowest BCUT2D eigenvalue weighted by molar-refractivity contribution is -0.141. The number of piperidine rings is 1. The van der Waals surface area contributed by atoms with Crippen molar-refractivity contribution in [3.63, 3.8) is 0 Å². The van der Waals surface area contributed by atoms with E-state index < -0.39 is 48.5 Å². The highest BCUT2D eigenvalue weighted by Crippen LogP contribution is 2.30. The van der Waals surface area contributed by atoms with Crippen LogP contribution in [0.3, 0.4) is 0 Å². The second kappa shape index (κ2) is 9.00. The van der Waals surface area contributed by atoms with Gasteiger partial charge in [0.2, 0.25) is 5.91 Å². The summed E-state index contributed by atoms with van der Waals surface area (Å²) in [6.45, 7) is -0.511. The van der Waals surface area contributed by atoms with Crippen molar-refractivity contribution < 1.29 is 31.1 Å². The van der Waals surface area contributed by atoms with Gasteiger partial charge in [0, 0.05) is 12.5 Å². The molecule has 0 spiro atoms. The predicted molar refractivity (Wildman–Crippen MR) is 106 cm³/mol. The Morgan fingerprint density at radius 1 is 1.26 bits per heavy atom. The van der Waals surface area contributed by atoms with E-state index in [-0.39, 0.29) is 35.9 Å². The standard InChI is InChI=1S/C20H17F6N7O/c21-13-6-12(31-16(34)7-11-2-1-3-15(30-11)20(24,25)26)8-27-18(13)33-10-29-17(32-33)14-4-5-19(22,23)9-28-14/h1-3,6,8,10,14,28H,4-5,7,9H2,(H,31,34). The number of halogens is 6. The Bertz CT molecular complexity index is 1190. The molecular weight excluding hydrogens is 468 g/mol. The fraction of sp³-hybridized carbons (Fsp3) is 0.350. The lowest BCUT2D eigenvalue weighted by Crippen LogP contribution is -2.41.